The highest BCUT2D eigenvalue weighted by atomic mass is 16.5. The minimum absolute atomic E-state index is 0.0550. The molecule has 0 saturated heterocycles. The van der Waals surface area contributed by atoms with Crippen molar-refractivity contribution in [3.05, 3.63) is 34.9 Å². The van der Waals surface area contributed by atoms with Crippen LogP contribution in [0.5, 0.6) is 0 Å². The van der Waals surface area contributed by atoms with Crippen LogP contribution in [0, 0.1) is 23.7 Å². The molecule has 4 aliphatic carbocycles. The minimum Gasteiger partial charge on any atom is -0.466 e. The summed E-state index contributed by atoms with van der Waals surface area (Å²) in [5.74, 6) is 0.494. The van der Waals surface area contributed by atoms with Crippen LogP contribution in [0.3, 0.4) is 0 Å². The smallest absolute Gasteiger partial charge is 0.310 e. The normalized spacial score (nSPS) is 39.3. The third-order valence-corrected chi connectivity index (χ3v) is 6.80. The maximum atomic E-state index is 12.6. The van der Waals surface area contributed by atoms with Gasteiger partial charge in [-0.3, -0.25) is 9.59 Å². The van der Waals surface area contributed by atoms with Gasteiger partial charge in [0.2, 0.25) is 0 Å². The summed E-state index contributed by atoms with van der Waals surface area (Å²) in [5, 5.41) is 0. The molecule has 5 rings (SSSR count). The van der Waals surface area contributed by atoms with E-state index in [1.807, 2.05) is 13.8 Å². The maximum absolute atomic E-state index is 12.6. The Kier molecular flexibility index (Phi) is 2.79. The topological polar surface area (TPSA) is 52.6 Å². The molecule has 0 aromatic heterocycles. The standard InChI is InChI=1S/C20H22O4/c1-3-23-18(21)14-12-11-7-5-6-10-8-9-20(15(10)11)16(13(12)14)17(20)19(22)24-4-2/h5-7,12-14,16-17H,3-4,8-9H2,1-2H3/t12-,13-,14-,16-,17+,20+/m1/s1. The fourth-order valence-electron chi connectivity index (χ4n) is 6.13. The molecule has 0 N–H and O–H groups in total. The van der Waals surface area contributed by atoms with Gasteiger partial charge in [-0.25, -0.2) is 0 Å². The van der Waals surface area contributed by atoms with Gasteiger partial charge in [0.15, 0.2) is 0 Å². The number of carbonyl (C=O) groups is 2. The number of rotatable bonds is 4. The molecule has 4 nitrogen and oxygen atoms in total. The number of carbonyl (C=O) groups excluding carboxylic acids is 2. The van der Waals surface area contributed by atoms with Gasteiger partial charge in [0.25, 0.3) is 0 Å². The van der Waals surface area contributed by atoms with Crippen LogP contribution in [0.25, 0.3) is 0 Å². The van der Waals surface area contributed by atoms with Crippen molar-refractivity contribution in [1.29, 1.82) is 0 Å². The largest absolute Gasteiger partial charge is 0.466 e. The highest BCUT2D eigenvalue weighted by Gasteiger charge is 2.83. The molecule has 2 fully saturated rings. The Hall–Kier alpha value is -1.84. The first-order valence-corrected chi connectivity index (χ1v) is 9.12. The van der Waals surface area contributed by atoms with Crippen molar-refractivity contribution >= 4 is 11.9 Å². The second-order valence-electron chi connectivity index (χ2n) is 7.56. The summed E-state index contributed by atoms with van der Waals surface area (Å²) < 4.78 is 10.7. The van der Waals surface area contributed by atoms with Crippen molar-refractivity contribution in [2.24, 2.45) is 23.7 Å². The predicted molar refractivity (Wildman–Crippen MR) is 86.4 cm³/mol. The number of ether oxygens (including phenoxy) is 2. The number of esters is 2. The van der Waals surface area contributed by atoms with Gasteiger partial charge in [-0.2, -0.15) is 0 Å². The van der Waals surface area contributed by atoms with E-state index in [4.69, 9.17) is 9.47 Å². The Morgan fingerprint density at radius 1 is 1.17 bits per heavy atom. The zero-order valence-electron chi connectivity index (χ0n) is 14.1. The maximum Gasteiger partial charge on any atom is 0.310 e. The molecule has 4 aliphatic rings. The van der Waals surface area contributed by atoms with Crippen molar-refractivity contribution < 1.29 is 19.1 Å². The van der Waals surface area contributed by atoms with Gasteiger partial charge in [0.1, 0.15) is 0 Å². The molecule has 2 saturated carbocycles. The molecule has 0 unspecified atom stereocenters. The molecule has 0 heterocycles. The van der Waals surface area contributed by atoms with Crippen LogP contribution in [0.1, 0.15) is 42.9 Å². The van der Waals surface area contributed by atoms with Gasteiger partial charge in [0, 0.05) is 11.3 Å². The molecule has 0 aliphatic heterocycles. The van der Waals surface area contributed by atoms with Crippen molar-refractivity contribution in [2.45, 2.75) is 38.0 Å². The molecule has 1 aromatic carbocycles. The number of benzene rings is 1. The third kappa shape index (κ3) is 1.50. The van der Waals surface area contributed by atoms with Crippen LogP contribution in [0.2, 0.25) is 0 Å². The Labute approximate surface area is 141 Å². The minimum atomic E-state index is -0.0882. The monoisotopic (exact) mass is 326 g/mol. The van der Waals surface area contributed by atoms with E-state index in [9.17, 15) is 9.59 Å². The van der Waals surface area contributed by atoms with E-state index >= 15 is 0 Å². The molecule has 6 atom stereocenters. The Balaban J connectivity index is 1.59. The molecule has 0 radical (unpaired) electrons. The van der Waals surface area contributed by atoms with Gasteiger partial charge < -0.3 is 9.47 Å². The fourth-order valence-corrected chi connectivity index (χ4v) is 6.13. The van der Waals surface area contributed by atoms with Crippen LogP contribution < -0.4 is 0 Å². The molecule has 24 heavy (non-hydrogen) atoms. The molecule has 0 amide bonds. The summed E-state index contributed by atoms with van der Waals surface area (Å²) in [6, 6.07) is 6.46. The Bertz CT molecular complexity index is 754. The van der Waals surface area contributed by atoms with Gasteiger partial charge in [-0.05, 0) is 55.2 Å². The first-order chi connectivity index (χ1) is 11.7. The van der Waals surface area contributed by atoms with Crippen molar-refractivity contribution in [3.8, 4) is 0 Å². The highest BCUT2D eigenvalue weighted by Crippen LogP contribution is 2.82. The molecule has 1 aromatic rings. The molecular weight excluding hydrogens is 304 g/mol. The zero-order valence-corrected chi connectivity index (χ0v) is 14.1. The lowest BCUT2D eigenvalue weighted by Gasteiger charge is -2.20. The lowest BCUT2D eigenvalue weighted by molar-refractivity contribution is -0.147. The van der Waals surface area contributed by atoms with E-state index in [0.717, 1.165) is 12.8 Å². The molecule has 4 heteroatoms. The second kappa shape index (κ2) is 4.62. The van der Waals surface area contributed by atoms with Crippen molar-refractivity contribution in [1.82, 2.24) is 0 Å². The van der Waals surface area contributed by atoms with Gasteiger partial charge in [-0.1, -0.05) is 18.2 Å². The Morgan fingerprint density at radius 3 is 2.67 bits per heavy atom. The van der Waals surface area contributed by atoms with E-state index in [2.05, 4.69) is 18.2 Å². The first-order valence-electron chi connectivity index (χ1n) is 9.12. The average molecular weight is 326 g/mol. The second-order valence-corrected chi connectivity index (χ2v) is 7.56. The van der Waals surface area contributed by atoms with Gasteiger partial charge >= 0.3 is 11.9 Å². The lowest BCUT2D eigenvalue weighted by atomic mass is 9.83. The number of hydrogen-bond donors (Lipinski definition) is 0. The summed E-state index contributed by atoms with van der Waals surface area (Å²) >= 11 is 0. The van der Waals surface area contributed by atoms with Crippen molar-refractivity contribution in [3.63, 3.8) is 0 Å². The van der Waals surface area contributed by atoms with E-state index in [-0.39, 0.29) is 46.9 Å². The zero-order chi connectivity index (χ0) is 16.6. The Morgan fingerprint density at radius 2 is 1.92 bits per heavy atom. The van der Waals surface area contributed by atoms with E-state index in [0.29, 0.717) is 13.2 Å². The molecule has 126 valence electrons. The molecule has 0 bridgehead atoms. The van der Waals surface area contributed by atoms with E-state index < -0.39 is 0 Å². The molecular formula is C20H22O4. The first kappa shape index (κ1) is 14.5. The lowest BCUT2D eigenvalue weighted by Crippen LogP contribution is -2.17. The summed E-state index contributed by atoms with van der Waals surface area (Å²) in [6.07, 6.45) is 2.06. The predicted octanol–water partition coefficient (Wildman–Crippen LogP) is 2.59. The van der Waals surface area contributed by atoms with Crippen LogP contribution in [0.15, 0.2) is 18.2 Å². The summed E-state index contributed by atoms with van der Waals surface area (Å²) in [4.78, 5) is 25.0. The van der Waals surface area contributed by atoms with Crippen LogP contribution in [-0.4, -0.2) is 25.2 Å². The van der Waals surface area contributed by atoms with Gasteiger partial charge in [0.05, 0.1) is 25.0 Å². The highest BCUT2D eigenvalue weighted by molar-refractivity contribution is 5.86. The third-order valence-electron chi connectivity index (χ3n) is 6.80. The number of aryl methyl sites for hydroxylation is 1. The van der Waals surface area contributed by atoms with E-state index in [1.165, 1.54) is 16.7 Å². The molecule has 1 spiro atoms. The SMILES string of the molecule is CCOC(=O)[C@@H]1[C@@H]2c3cccc4c3[C@@]3(CC4)[C@H]([C@@H]12)[C@H]3C(=O)OCC. The summed E-state index contributed by atoms with van der Waals surface area (Å²) in [5.41, 5.74) is 4.00. The number of hydrogen-bond acceptors (Lipinski definition) is 4. The van der Waals surface area contributed by atoms with Crippen LogP contribution in [-0.2, 0) is 30.9 Å². The van der Waals surface area contributed by atoms with Gasteiger partial charge in [-0.15, -0.1) is 0 Å². The summed E-state index contributed by atoms with van der Waals surface area (Å²) in [7, 11) is 0. The van der Waals surface area contributed by atoms with Crippen LogP contribution >= 0.6 is 0 Å². The average Bonchev–Trinajstić information content (AvgIpc) is 3.40. The number of fused-ring (bicyclic) bond motifs is 3. The summed E-state index contributed by atoms with van der Waals surface area (Å²) in [6.45, 7) is 4.54. The van der Waals surface area contributed by atoms with Crippen LogP contribution in [0.4, 0.5) is 0 Å². The quantitative estimate of drug-likeness (QED) is 0.798. The fraction of sp³-hybridized carbons (Fsp3) is 0.600. The van der Waals surface area contributed by atoms with Crippen molar-refractivity contribution in [2.75, 3.05) is 13.2 Å². The van der Waals surface area contributed by atoms with E-state index in [1.54, 1.807) is 0 Å².